The molecule has 200 valence electrons. The highest BCUT2D eigenvalue weighted by Gasteiger charge is 2.18. The second-order valence-electron chi connectivity index (χ2n) is 9.26. The fourth-order valence-electron chi connectivity index (χ4n) is 3.71. The number of carbonyl (C=O) groups is 1. The summed E-state index contributed by atoms with van der Waals surface area (Å²) in [5.74, 6) is 1.20. The lowest BCUT2D eigenvalue weighted by molar-refractivity contribution is -0.111. The molecule has 0 aliphatic heterocycles. The van der Waals surface area contributed by atoms with Gasteiger partial charge in [0, 0.05) is 35.1 Å². The number of benzene rings is 2. The van der Waals surface area contributed by atoms with Gasteiger partial charge in [-0.05, 0) is 57.8 Å². The molecule has 0 aliphatic carbocycles. The Labute approximate surface area is 229 Å². The Morgan fingerprint density at radius 1 is 1.21 bits per heavy atom. The Kier molecular flexibility index (Phi) is 9.86. The average molecular weight is 554 g/mol. The minimum Gasteiger partial charge on any atom is -0.496 e. The summed E-state index contributed by atoms with van der Waals surface area (Å²) in [5, 5.41) is 7.13. The summed E-state index contributed by atoms with van der Waals surface area (Å²) in [5.41, 5.74) is 2.86. The first-order chi connectivity index (χ1) is 18.0. The van der Waals surface area contributed by atoms with Gasteiger partial charge in [0.05, 0.1) is 19.0 Å². The van der Waals surface area contributed by atoms with Crippen molar-refractivity contribution in [1.29, 1.82) is 0 Å². The topological polar surface area (TPSA) is 96.5 Å². The fourth-order valence-corrected chi connectivity index (χ4v) is 5.01. The predicted molar refractivity (Wildman–Crippen MR) is 158 cm³/mol. The van der Waals surface area contributed by atoms with Crippen molar-refractivity contribution in [2.75, 3.05) is 51.7 Å². The maximum atomic E-state index is 12.8. The van der Waals surface area contributed by atoms with Crippen molar-refractivity contribution in [3.63, 3.8) is 0 Å². The molecule has 0 spiro atoms. The fraction of sp³-hybridized carbons (Fsp3) is 0.250. The second-order valence-corrected chi connectivity index (χ2v) is 12.9. The van der Waals surface area contributed by atoms with Gasteiger partial charge in [0.25, 0.3) is 0 Å². The van der Waals surface area contributed by atoms with Crippen LogP contribution in [0, 0.1) is 0 Å². The molecule has 10 heteroatoms. The number of nitrogens with one attached hydrogen (secondary N) is 2. The number of hydrogen-bond donors (Lipinski definition) is 2. The van der Waals surface area contributed by atoms with Gasteiger partial charge in [0.2, 0.25) is 5.91 Å². The highest BCUT2D eigenvalue weighted by molar-refractivity contribution is 7.70. The van der Waals surface area contributed by atoms with Crippen LogP contribution in [0.25, 0.3) is 6.08 Å². The summed E-state index contributed by atoms with van der Waals surface area (Å²) in [6.45, 7) is 7.72. The summed E-state index contributed by atoms with van der Waals surface area (Å²) in [4.78, 5) is 23.2. The molecule has 0 atom stereocenters. The summed E-state index contributed by atoms with van der Waals surface area (Å²) >= 11 is 6.42. The van der Waals surface area contributed by atoms with Crippen LogP contribution in [0.5, 0.6) is 5.75 Å². The number of amides is 1. The number of hydrogen-bond acceptors (Lipinski definition) is 7. The summed E-state index contributed by atoms with van der Waals surface area (Å²) in [6, 6.07) is 11.1. The molecule has 1 aromatic heterocycles. The van der Waals surface area contributed by atoms with Gasteiger partial charge in [-0.3, -0.25) is 4.79 Å². The van der Waals surface area contributed by atoms with E-state index in [1.165, 1.54) is 12.3 Å². The third-order valence-corrected chi connectivity index (χ3v) is 7.37. The average Bonchev–Trinajstić information content (AvgIpc) is 2.86. The second kappa shape index (κ2) is 12.9. The maximum Gasteiger partial charge on any atom is 0.247 e. The standard InChI is InChI=1S/C28H33ClN5O3P/c1-7-27(35)31-23-15-20(24(37-4)16-19(23)11-10-14-34(2)3)17-26-30-18-21(29)28(33-26)32-22-12-8-9-13-25(22)38(5,6)36/h7-13,15-16,18H,1,14,17H2,2-6H3,(H,31,35)(H,30,32,33). The molecule has 38 heavy (non-hydrogen) atoms. The van der Waals surface area contributed by atoms with E-state index in [1.807, 2.05) is 67.5 Å². The molecule has 3 rings (SSSR count). The molecule has 1 heterocycles. The lowest BCUT2D eigenvalue weighted by Crippen LogP contribution is -2.12. The minimum absolute atomic E-state index is 0.315. The van der Waals surface area contributed by atoms with E-state index in [-0.39, 0.29) is 5.91 Å². The zero-order chi connectivity index (χ0) is 27.9. The summed E-state index contributed by atoms with van der Waals surface area (Å²) in [6.07, 6.45) is 7.00. The summed E-state index contributed by atoms with van der Waals surface area (Å²) in [7, 11) is 3.01. The van der Waals surface area contributed by atoms with Crippen molar-refractivity contribution < 1.29 is 14.1 Å². The Morgan fingerprint density at radius 3 is 2.61 bits per heavy atom. The monoisotopic (exact) mass is 553 g/mol. The van der Waals surface area contributed by atoms with Crippen molar-refractivity contribution in [2.24, 2.45) is 0 Å². The molecular formula is C28H33ClN5O3P. The van der Waals surface area contributed by atoms with Crippen molar-refractivity contribution in [3.05, 3.63) is 83.3 Å². The van der Waals surface area contributed by atoms with Crippen LogP contribution < -0.4 is 20.7 Å². The third kappa shape index (κ3) is 7.78. The van der Waals surface area contributed by atoms with Crippen LogP contribution in [0.3, 0.4) is 0 Å². The molecule has 0 saturated carbocycles. The SMILES string of the molecule is C=CC(=O)Nc1cc(Cc2ncc(Cl)c(Nc3ccccc3P(C)(C)=O)n2)c(OC)cc1C=CCN(C)C. The number of para-hydroxylation sites is 1. The third-order valence-electron chi connectivity index (χ3n) is 5.54. The van der Waals surface area contributed by atoms with Crippen molar-refractivity contribution >= 4 is 53.2 Å². The van der Waals surface area contributed by atoms with E-state index in [2.05, 4.69) is 27.2 Å². The van der Waals surface area contributed by atoms with Crippen LogP contribution in [0.4, 0.5) is 17.2 Å². The van der Waals surface area contributed by atoms with E-state index in [9.17, 15) is 9.36 Å². The Balaban J connectivity index is 1.98. The van der Waals surface area contributed by atoms with Crippen LogP contribution in [0.15, 0.2) is 61.3 Å². The molecule has 2 N–H and O–H groups in total. The highest BCUT2D eigenvalue weighted by atomic mass is 35.5. The molecule has 0 saturated heterocycles. The number of anilines is 3. The molecular weight excluding hydrogens is 521 g/mol. The van der Waals surface area contributed by atoms with E-state index in [0.717, 1.165) is 17.7 Å². The van der Waals surface area contributed by atoms with E-state index < -0.39 is 7.14 Å². The number of likely N-dealkylation sites (N-methyl/N-ethyl adjacent to an activating group) is 1. The molecule has 8 nitrogen and oxygen atoms in total. The van der Waals surface area contributed by atoms with Crippen molar-refractivity contribution in [2.45, 2.75) is 6.42 Å². The van der Waals surface area contributed by atoms with E-state index in [4.69, 9.17) is 16.3 Å². The Hall–Kier alpha value is -3.45. The normalized spacial score (nSPS) is 11.6. The van der Waals surface area contributed by atoms with Gasteiger partial charge in [-0.15, -0.1) is 0 Å². The number of carbonyl (C=O) groups excluding carboxylic acids is 1. The van der Waals surface area contributed by atoms with E-state index in [1.54, 1.807) is 20.4 Å². The summed E-state index contributed by atoms with van der Waals surface area (Å²) < 4.78 is 18.5. The predicted octanol–water partition coefficient (Wildman–Crippen LogP) is 5.42. The molecule has 0 fully saturated rings. The molecule has 0 unspecified atom stereocenters. The Bertz CT molecular complexity index is 1400. The van der Waals surface area contributed by atoms with Crippen molar-refractivity contribution in [1.82, 2.24) is 14.9 Å². The van der Waals surface area contributed by atoms with Crippen LogP contribution in [-0.4, -0.2) is 61.9 Å². The number of halogens is 1. The Morgan fingerprint density at radius 2 is 1.95 bits per heavy atom. The molecule has 0 aliphatic rings. The first-order valence-corrected chi connectivity index (χ1v) is 14.9. The smallest absolute Gasteiger partial charge is 0.247 e. The first kappa shape index (κ1) is 29.1. The van der Waals surface area contributed by atoms with Gasteiger partial charge in [-0.1, -0.05) is 42.5 Å². The van der Waals surface area contributed by atoms with Crippen LogP contribution >= 0.6 is 18.7 Å². The maximum absolute atomic E-state index is 12.8. The van der Waals surface area contributed by atoms with Gasteiger partial charge in [-0.2, -0.15) is 0 Å². The molecule has 2 aromatic carbocycles. The molecule has 0 bridgehead atoms. The van der Waals surface area contributed by atoms with Crippen LogP contribution in [-0.2, 0) is 15.8 Å². The largest absolute Gasteiger partial charge is 0.496 e. The number of ether oxygens (including phenoxy) is 1. The number of nitrogens with zero attached hydrogens (tertiary/aromatic N) is 3. The molecule has 1 amide bonds. The van der Waals surface area contributed by atoms with Crippen LogP contribution in [0.1, 0.15) is 17.0 Å². The highest BCUT2D eigenvalue weighted by Crippen LogP contribution is 2.38. The van der Waals surface area contributed by atoms with Crippen molar-refractivity contribution in [3.8, 4) is 5.75 Å². The van der Waals surface area contributed by atoms with E-state index in [0.29, 0.717) is 45.5 Å². The minimum atomic E-state index is -2.54. The molecule has 3 aromatic rings. The number of methoxy groups -OCH3 is 1. The zero-order valence-electron chi connectivity index (χ0n) is 22.3. The van der Waals surface area contributed by atoms with Crippen LogP contribution in [0.2, 0.25) is 5.02 Å². The van der Waals surface area contributed by atoms with Gasteiger partial charge in [-0.25, -0.2) is 9.97 Å². The quantitative estimate of drug-likeness (QED) is 0.242. The number of aromatic nitrogens is 2. The zero-order valence-corrected chi connectivity index (χ0v) is 23.9. The lowest BCUT2D eigenvalue weighted by atomic mass is 10.0. The van der Waals surface area contributed by atoms with Gasteiger partial charge >= 0.3 is 0 Å². The van der Waals surface area contributed by atoms with E-state index >= 15 is 0 Å². The first-order valence-electron chi connectivity index (χ1n) is 11.9. The van der Waals surface area contributed by atoms with Gasteiger partial charge in [0.15, 0.2) is 5.82 Å². The molecule has 0 radical (unpaired) electrons. The van der Waals surface area contributed by atoms with Gasteiger partial charge in [0.1, 0.15) is 23.7 Å². The number of rotatable bonds is 11. The lowest BCUT2D eigenvalue weighted by Gasteiger charge is -2.16. The van der Waals surface area contributed by atoms with Gasteiger partial charge < -0.3 is 24.8 Å².